The van der Waals surface area contributed by atoms with Crippen LogP contribution in [0.5, 0.6) is 0 Å². The first-order chi connectivity index (χ1) is 9.21. The van der Waals surface area contributed by atoms with Gasteiger partial charge in [-0.2, -0.15) is 0 Å². The average Bonchev–Trinajstić information content (AvgIpc) is 2.33. The topological polar surface area (TPSA) is 92.9 Å². The smallest absolute Gasteiger partial charge is 0.407 e. The summed E-state index contributed by atoms with van der Waals surface area (Å²) in [5.74, 6) is -0.475. The number of ether oxygens (including phenoxy) is 1. The van der Waals surface area contributed by atoms with Crippen LogP contribution in [0.15, 0.2) is 0 Å². The molecule has 116 valence electrons. The Hall–Kier alpha value is -1.30. The van der Waals surface area contributed by atoms with Crippen LogP contribution in [-0.2, 0) is 9.53 Å². The molecule has 0 bridgehead atoms. The van der Waals surface area contributed by atoms with Crippen LogP contribution in [-0.4, -0.2) is 47.3 Å². The lowest BCUT2D eigenvalue weighted by atomic mass is 9.87. The zero-order valence-electron chi connectivity index (χ0n) is 12.6. The van der Waals surface area contributed by atoms with Crippen molar-refractivity contribution in [3.63, 3.8) is 0 Å². The summed E-state index contributed by atoms with van der Waals surface area (Å²) in [7, 11) is 0. The van der Waals surface area contributed by atoms with E-state index in [1.807, 2.05) is 20.8 Å². The molecule has 2 amide bonds. The Bertz CT molecular complexity index is 346. The molecule has 0 saturated carbocycles. The molecule has 0 aliphatic carbocycles. The highest BCUT2D eigenvalue weighted by Gasteiger charge is 2.32. The first kappa shape index (κ1) is 16.8. The maximum Gasteiger partial charge on any atom is 0.407 e. The number of primary amides is 1. The van der Waals surface area contributed by atoms with E-state index in [-0.39, 0.29) is 6.54 Å². The van der Waals surface area contributed by atoms with Crippen molar-refractivity contribution in [2.45, 2.75) is 45.6 Å². The van der Waals surface area contributed by atoms with Crippen molar-refractivity contribution in [1.29, 1.82) is 0 Å². The first-order valence-electron chi connectivity index (χ1n) is 7.09. The van der Waals surface area contributed by atoms with Gasteiger partial charge in [-0.05, 0) is 46.0 Å². The van der Waals surface area contributed by atoms with E-state index in [2.05, 4.69) is 0 Å². The molecule has 0 aromatic carbocycles. The molecular weight excluding hydrogens is 260 g/mol. The normalized spacial score (nSPS) is 18.6. The van der Waals surface area contributed by atoms with Crippen LogP contribution in [0, 0.1) is 11.8 Å². The standard InChI is InChI=1S/C14H26N2O4/c1-14(2,3)16(13(18)19)9-11(12(15)17)8-10-4-6-20-7-5-10/h10-11H,4-9H2,1-3H3,(H2,15,17)(H,18,19)/t11-/m0/s1. The Balaban J connectivity index is 2.69. The lowest BCUT2D eigenvalue weighted by Crippen LogP contribution is -2.49. The van der Waals surface area contributed by atoms with E-state index in [1.165, 1.54) is 4.90 Å². The van der Waals surface area contributed by atoms with Crippen molar-refractivity contribution in [3.05, 3.63) is 0 Å². The minimum absolute atomic E-state index is 0.158. The second kappa shape index (κ2) is 6.92. The molecule has 1 aliphatic rings. The van der Waals surface area contributed by atoms with Crippen LogP contribution >= 0.6 is 0 Å². The number of carbonyl (C=O) groups excluding carboxylic acids is 1. The maximum atomic E-state index is 11.6. The van der Waals surface area contributed by atoms with Gasteiger partial charge in [0.15, 0.2) is 0 Å². The molecule has 1 saturated heterocycles. The Morgan fingerprint density at radius 1 is 1.35 bits per heavy atom. The van der Waals surface area contributed by atoms with Gasteiger partial charge in [-0.3, -0.25) is 4.79 Å². The largest absolute Gasteiger partial charge is 0.465 e. The number of hydrogen-bond donors (Lipinski definition) is 2. The summed E-state index contributed by atoms with van der Waals surface area (Å²) in [5, 5.41) is 9.30. The molecule has 1 fully saturated rings. The fourth-order valence-corrected chi connectivity index (χ4v) is 2.52. The fraction of sp³-hybridized carbons (Fsp3) is 0.857. The van der Waals surface area contributed by atoms with Crippen LogP contribution in [0.2, 0.25) is 0 Å². The SMILES string of the molecule is CC(C)(C)N(C[C@H](CC1CCOCC1)C(N)=O)C(=O)O. The Morgan fingerprint density at radius 3 is 2.30 bits per heavy atom. The van der Waals surface area contributed by atoms with Crippen molar-refractivity contribution >= 4 is 12.0 Å². The van der Waals surface area contributed by atoms with E-state index < -0.39 is 23.5 Å². The van der Waals surface area contributed by atoms with Gasteiger partial charge in [0.05, 0.1) is 5.92 Å². The highest BCUT2D eigenvalue weighted by atomic mass is 16.5. The fourth-order valence-electron chi connectivity index (χ4n) is 2.52. The van der Waals surface area contributed by atoms with Gasteiger partial charge in [0.25, 0.3) is 0 Å². The van der Waals surface area contributed by atoms with Crippen LogP contribution in [0.1, 0.15) is 40.0 Å². The molecule has 0 unspecified atom stereocenters. The van der Waals surface area contributed by atoms with Crippen molar-refractivity contribution in [1.82, 2.24) is 4.90 Å². The predicted molar refractivity (Wildman–Crippen MR) is 75.3 cm³/mol. The summed E-state index contributed by atoms with van der Waals surface area (Å²) < 4.78 is 5.29. The van der Waals surface area contributed by atoms with Crippen molar-refractivity contribution in [2.24, 2.45) is 17.6 Å². The molecule has 1 rings (SSSR count). The molecule has 1 atom stereocenters. The molecule has 0 aromatic rings. The minimum atomic E-state index is -1.02. The zero-order chi connectivity index (χ0) is 15.3. The van der Waals surface area contributed by atoms with Crippen molar-refractivity contribution in [3.8, 4) is 0 Å². The van der Waals surface area contributed by atoms with Gasteiger partial charge in [-0.1, -0.05) is 0 Å². The minimum Gasteiger partial charge on any atom is -0.465 e. The highest BCUT2D eigenvalue weighted by molar-refractivity contribution is 5.77. The van der Waals surface area contributed by atoms with E-state index in [1.54, 1.807) is 0 Å². The number of nitrogens with zero attached hydrogens (tertiary/aromatic N) is 1. The molecule has 1 heterocycles. The van der Waals surface area contributed by atoms with Crippen LogP contribution in [0.3, 0.4) is 0 Å². The van der Waals surface area contributed by atoms with E-state index in [4.69, 9.17) is 10.5 Å². The van der Waals surface area contributed by atoms with Gasteiger partial charge in [0, 0.05) is 25.3 Å². The number of nitrogens with two attached hydrogens (primary N) is 1. The lowest BCUT2D eigenvalue weighted by Gasteiger charge is -2.36. The van der Waals surface area contributed by atoms with Gasteiger partial charge in [-0.15, -0.1) is 0 Å². The molecule has 6 heteroatoms. The number of rotatable bonds is 5. The number of carbonyl (C=O) groups is 2. The Kier molecular flexibility index (Phi) is 5.80. The van der Waals surface area contributed by atoms with Crippen molar-refractivity contribution < 1.29 is 19.4 Å². The van der Waals surface area contributed by atoms with Crippen LogP contribution in [0.25, 0.3) is 0 Å². The second-order valence-corrected chi connectivity index (χ2v) is 6.45. The number of amides is 2. The zero-order valence-corrected chi connectivity index (χ0v) is 12.6. The Labute approximate surface area is 120 Å². The monoisotopic (exact) mass is 286 g/mol. The molecule has 1 aliphatic heterocycles. The molecule has 20 heavy (non-hydrogen) atoms. The molecule has 0 aromatic heterocycles. The lowest BCUT2D eigenvalue weighted by molar-refractivity contribution is -0.123. The third-order valence-corrected chi connectivity index (χ3v) is 3.80. The quantitative estimate of drug-likeness (QED) is 0.804. The molecule has 6 nitrogen and oxygen atoms in total. The van der Waals surface area contributed by atoms with Gasteiger partial charge in [0.2, 0.25) is 5.91 Å². The predicted octanol–water partition coefficient (Wildman–Crippen LogP) is 1.68. The maximum absolute atomic E-state index is 11.6. The first-order valence-corrected chi connectivity index (χ1v) is 7.09. The number of hydrogen-bond acceptors (Lipinski definition) is 3. The molecule has 3 N–H and O–H groups in total. The summed E-state index contributed by atoms with van der Waals surface area (Å²) in [6.45, 7) is 7.01. The summed E-state index contributed by atoms with van der Waals surface area (Å²) in [5.41, 5.74) is 4.91. The van der Waals surface area contributed by atoms with Crippen LogP contribution in [0.4, 0.5) is 4.79 Å². The molecule has 0 spiro atoms. The summed E-state index contributed by atoms with van der Waals surface area (Å²) in [4.78, 5) is 24.3. The number of carboxylic acid groups (broad SMARTS) is 1. The van der Waals surface area contributed by atoms with Gasteiger partial charge in [-0.25, -0.2) is 4.79 Å². The van der Waals surface area contributed by atoms with Crippen LogP contribution < -0.4 is 5.73 Å². The van der Waals surface area contributed by atoms with Gasteiger partial charge < -0.3 is 20.5 Å². The summed E-state index contributed by atoms with van der Waals surface area (Å²) in [6, 6.07) is 0. The van der Waals surface area contributed by atoms with Gasteiger partial charge in [0.1, 0.15) is 0 Å². The highest BCUT2D eigenvalue weighted by Crippen LogP contribution is 2.25. The summed E-state index contributed by atoms with van der Waals surface area (Å²) >= 11 is 0. The van der Waals surface area contributed by atoms with E-state index in [9.17, 15) is 14.7 Å². The average molecular weight is 286 g/mol. The van der Waals surface area contributed by atoms with E-state index in [0.29, 0.717) is 25.6 Å². The second-order valence-electron chi connectivity index (χ2n) is 6.45. The summed E-state index contributed by atoms with van der Waals surface area (Å²) in [6.07, 6.45) is 1.44. The van der Waals surface area contributed by atoms with Crippen molar-refractivity contribution in [2.75, 3.05) is 19.8 Å². The third kappa shape index (κ3) is 5.00. The van der Waals surface area contributed by atoms with Gasteiger partial charge >= 0.3 is 6.09 Å². The third-order valence-electron chi connectivity index (χ3n) is 3.80. The molecule has 0 radical (unpaired) electrons. The van der Waals surface area contributed by atoms with E-state index >= 15 is 0 Å². The molecular formula is C14H26N2O4. The van der Waals surface area contributed by atoms with E-state index in [0.717, 1.165) is 12.8 Å². The Morgan fingerprint density at radius 2 is 1.90 bits per heavy atom.